The van der Waals surface area contributed by atoms with E-state index >= 15 is 0 Å². The predicted molar refractivity (Wildman–Crippen MR) is 112 cm³/mol. The number of carbonyl (C=O) groups excluding carboxylic acids is 2. The zero-order valence-corrected chi connectivity index (χ0v) is 16.4. The summed E-state index contributed by atoms with van der Waals surface area (Å²) < 4.78 is 0. The van der Waals surface area contributed by atoms with Crippen molar-refractivity contribution in [2.45, 2.75) is 24.3 Å². The molecule has 27 heavy (non-hydrogen) atoms. The molecule has 0 saturated carbocycles. The molecule has 7 heteroatoms. The maximum absolute atomic E-state index is 11.4. The Labute approximate surface area is 164 Å². The fraction of sp³-hybridized carbons (Fsp3) is 0.300. The molecule has 2 unspecified atom stereocenters. The first-order valence-corrected chi connectivity index (χ1v) is 9.64. The zero-order valence-electron chi connectivity index (χ0n) is 15.6. The van der Waals surface area contributed by atoms with Crippen molar-refractivity contribution >= 4 is 35.0 Å². The molecule has 0 spiro atoms. The number of benzene rings is 2. The van der Waals surface area contributed by atoms with E-state index in [2.05, 4.69) is 10.6 Å². The number of thioether (sulfide) groups is 1. The van der Waals surface area contributed by atoms with Gasteiger partial charge >= 0.3 is 0 Å². The average Bonchev–Trinajstić information content (AvgIpc) is 2.62. The average molecular weight is 387 g/mol. The lowest BCUT2D eigenvalue weighted by Gasteiger charge is -2.25. The van der Waals surface area contributed by atoms with Crippen molar-refractivity contribution in [2.75, 3.05) is 24.6 Å². The molecule has 6 nitrogen and oxygen atoms in total. The summed E-state index contributed by atoms with van der Waals surface area (Å²) in [5, 5.41) is 5.79. The monoisotopic (exact) mass is 386 g/mol. The summed E-state index contributed by atoms with van der Waals surface area (Å²) in [4.78, 5) is 22.9. The third-order valence-corrected chi connectivity index (χ3v) is 5.55. The summed E-state index contributed by atoms with van der Waals surface area (Å²) in [6.07, 6.45) is 0. The molecule has 0 aliphatic rings. The molecule has 0 bridgehead atoms. The fourth-order valence-electron chi connectivity index (χ4n) is 2.58. The number of nitrogens with two attached hydrogens (primary N) is 2. The molecule has 6 N–H and O–H groups in total. The standard InChI is InChI=1S/C20H26N4O2S/c1-13(25)23-11-19(15-3-7-17(21)8-4-15)27-20(12-24-14(2)26)16-5-9-18(22)10-6-16/h3-10,19-20H,11-12,21-22H2,1-2H3,(H,23,25)(H,24,26). The Balaban J connectivity index is 2.26. The Hall–Kier alpha value is -2.67. The minimum atomic E-state index is -0.0815. The second-order valence-electron chi connectivity index (χ2n) is 6.32. The van der Waals surface area contributed by atoms with Gasteiger partial charge in [-0.1, -0.05) is 24.3 Å². The fourth-order valence-corrected chi connectivity index (χ4v) is 3.97. The molecule has 0 aliphatic heterocycles. The van der Waals surface area contributed by atoms with Gasteiger partial charge in [0.15, 0.2) is 0 Å². The molecule has 0 heterocycles. The van der Waals surface area contributed by atoms with E-state index in [1.54, 1.807) is 11.8 Å². The maximum atomic E-state index is 11.4. The van der Waals surface area contributed by atoms with Crippen molar-refractivity contribution in [1.29, 1.82) is 0 Å². The van der Waals surface area contributed by atoms with Gasteiger partial charge in [0.25, 0.3) is 0 Å². The van der Waals surface area contributed by atoms with Gasteiger partial charge < -0.3 is 22.1 Å². The largest absolute Gasteiger partial charge is 0.399 e. The summed E-state index contributed by atoms with van der Waals surface area (Å²) in [5.41, 5.74) is 15.1. The molecule has 2 aromatic carbocycles. The van der Waals surface area contributed by atoms with Crippen LogP contribution in [0.1, 0.15) is 35.5 Å². The number of hydrogen-bond acceptors (Lipinski definition) is 5. The van der Waals surface area contributed by atoms with Gasteiger partial charge in [-0.15, -0.1) is 11.8 Å². The van der Waals surface area contributed by atoms with Crippen molar-refractivity contribution in [2.24, 2.45) is 0 Å². The lowest BCUT2D eigenvalue weighted by Crippen LogP contribution is -2.28. The number of rotatable bonds is 8. The number of nitrogens with one attached hydrogen (secondary N) is 2. The van der Waals surface area contributed by atoms with Crippen LogP contribution in [-0.4, -0.2) is 24.9 Å². The summed E-state index contributed by atoms with van der Waals surface area (Å²) in [6, 6.07) is 15.3. The minimum Gasteiger partial charge on any atom is -0.399 e. The van der Waals surface area contributed by atoms with E-state index in [9.17, 15) is 9.59 Å². The van der Waals surface area contributed by atoms with E-state index < -0.39 is 0 Å². The predicted octanol–water partition coefficient (Wildman–Crippen LogP) is 2.64. The number of nitrogen functional groups attached to an aromatic ring is 2. The van der Waals surface area contributed by atoms with Crippen LogP contribution in [0.25, 0.3) is 0 Å². The topological polar surface area (TPSA) is 110 Å². The van der Waals surface area contributed by atoms with E-state index in [0.29, 0.717) is 24.5 Å². The van der Waals surface area contributed by atoms with Crippen LogP contribution in [0.2, 0.25) is 0 Å². The minimum absolute atomic E-state index is 0.00538. The number of carbonyl (C=O) groups is 2. The summed E-state index contributed by atoms with van der Waals surface area (Å²) in [6.45, 7) is 3.96. The molecular formula is C20H26N4O2S. The van der Waals surface area contributed by atoms with Crippen molar-refractivity contribution < 1.29 is 9.59 Å². The van der Waals surface area contributed by atoms with Crippen molar-refractivity contribution in [1.82, 2.24) is 10.6 Å². The van der Waals surface area contributed by atoms with E-state index in [1.165, 1.54) is 13.8 Å². The van der Waals surface area contributed by atoms with Crippen molar-refractivity contribution in [3.63, 3.8) is 0 Å². The molecule has 2 rings (SSSR count). The maximum Gasteiger partial charge on any atom is 0.216 e. The molecule has 0 radical (unpaired) electrons. The Morgan fingerprint density at radius 1 is 0.778 bits per heavy atom. The second kappa shape index (κ2) is 9.87. The molecule has 0 saturated heterocycles. The van der Waals surface area contributed by atoms with Crippen LogP contribution in [0, 0.1) is 0 Å². The van der Waals surface area contributed by atoms with Gasteiger partial charge in [0.2, 0.25) is 11.8 Å². The van der Waals surface area contributed by atoms with Crippen LogP contribution >= 0.6 is 11.8 Å². The third-order valence-electron chi connectivity index (χ3n) is 4.02. The first kappa shape index (κ1) is 20.6. The van der Waals surface area contributed by atoms with Gasteiger partial charge in [0.05, 0.1) is 0 Å². The summed E-state index contributed by atoms with van der Waals surface area (Å²) >= 11 is 1.68. The molecular weight excluding hydrogens is 360 g/mol. The lowest BCUT2D eigenvalue weighted by atomic mass is 10.1. The third kappa shape index (κ3) is 6.86. The molecule has 144 valence electrons. The van der Waals surface area contributed by atoms with Crippen LogP contribution in [-0.2, 0) is 9.59 Å². The van der Waals surface area contributed by atoms with Crippen LogP contribution in [0.5, 0.6) is 0 Å². The Bertz CT molecular complexity index is 697. The summed E-state index contributed by atoms with van der Waals surface area (Å²) in [5.74, 6) is -0.163. The van der Waals surface area contributed by atoms with Crippen LogP contribution in [0.3, 0.4) is 0 Å². The SMILES string of the molecule is CC(=O)NCC(SC(CNC(C)=O)c1ccc(N)cc1)c1ccc(N)cc1. The van der Waals surface area contributed by atoms with Gasteiger partial charge in [-0.05, 0) is 35.4 Å². The highest BCUT2D eigenvalue weighted by Gasteiger charge is 2.21. The Morgan fingerprint density at radius 3 is 1.41 bits per heavy atom. The molecule has 0 fully saturated rings. The Kier molecular flexibility index (Phi) is 7.55. The van der Waals surface area contributed by atoms with Gasteiger partial charge in [-0.2, -0.15) is 0 Å². The molecule has 2 aromatic rings. The van der Waals surface area contributed by atoms with Crippen molar-refractivity contribution in [3.05, 3.63) is 59.7 Å². The van der Waals surface area contributed by atoms with Gasteiger partial charge in [-0.3, -0.25) is 9.59 Å². The summed E-state index contributed by atoms with van der Waals surface area (Å²) in [7, 11) is 0. The van der Waals surface area contributed by atoms with Crippen LogP contribution in [0.4, 0.5) is 11.4 Å². The first-order valence-electron chi connectivity index (χ1n) is 8.70. The number of anilines is 2. The van der Waals surface area contributed by atoms with Gasteiger partial charge in [-0.25, -0.2) is 0 Å². The van der Waals surface area contributed by atoms with E-state index in [0.717, 1.165) is 11.1 Å². The molecule has 2 atom stereocenters. The molecule has 2 amide bonds. The van der Waals surface area contributed by atoms with Crippen molar-refractivity contribution in [3.8, 4) is 0 Å². The van der Waals surface area contributed by atoms with Gasteiger partial charge in [0.1, 0.15) is 0 Å². The first-order chi connectivity index (χ1) is 12.8. The normalized spacial score (nSPS) is 12.8. The van der Waals surface area contributed by atoms with Crippen LogP contribution in [0.15, 0.2) is 48.5 Å². The molecule has 0 aliphatic carbocycles. The number of hydrogen-bond donors (Lipinski definition) is 4. The highest BCUT2D eigenvalue weighted by molar-refractivity contribution is 7.99. The zero-order chi connectivity index (χ0) is 19.8. The smallest absolute Gasteiger partial charge is 0.216 e. The van der Waals surface area contributed by atoms with E-state index in [4.69, 9.17) is 11.5 Å². The van der Waals surface area contributed by atoms with Gasteiger partial charge in [0, 0.05) is 48.8 Å². The highest BCUT2D eigenvalue weighted by atomic mass is 32.2. The van der Waals surface area contributed by atoms with E-state index in [1.807, 2.05) is 48.5 Å². The quantitative estimate of drug-likeness (QED) is 0.521. The Morgan fingerprint density at radius 2 is 1.11 bits per heavy atom. The highest BCUT2D eigenvalue weighted by Crippen LogP contribution is 2.40. The second-order valence-corrected chi connectivity index (χ2v) is 7.73. The van der Waals surface area contributed by atoms with E-state index in [-0.39, 0.29) is 22.3 Å². The van der Waals surface area contributed by atoms with Crippen LogP contribution < -0.4 is 22.1 Å². The lowest BCUT2D eigenvalue weighted by molar-refractivity contribution is -0.119. The molecule has 0 aromatic heterocycles. The number of amides is 2.